The second-order valence-corrected chi connectivity index (χ2v) is 5.88. The van der Waals surface area contributed by atoms with Crippen LogP contribution in [0.2, 0.25) is 0 Å². The van der Waals surface area contributed by atoms with Crippen molar-refractivity contribution in [3.8, 4) is 0 Å². The van der Waals surface area contributed by atoms with E-state index in [0.29, 0.717) is 5.69 Å². The number of nitrogens with zero attached hydrogens (tertiary/aromatic N) is 3. The maximum Gasteiger partial charge on any atom is 0.141 e. The van der Waals surface area contributed by atoms with Crippen molar-refractivity contribution in [2.45, 2.75) is 31.8 Å². The maximum absolute atomic E-state index is 7.47. The van der Waals surface area contributed by atoms with Crippen LogP contribution >= 0.6 is 0 Å². The van der Waals surface area contributed by atoms with Crippen LogP contribution in [0.1, 0.15) is 30.5 Å². The van der Waals surface area contributed by atoms with Gasteiger partial charge in [0.2, 0.25) is 0 Å². The number of aromatic nitrogens is 1. The first-order chi connectivity index (χ1) is 9.72. The van der Waals surface area contributed by atoms with Crippen LogP contribution in [-0.2, 0) is 6.54 Å². The number of nitrogen functional groups attached to an aromatic ring is 1. The van der Waals surface area contributed by atoms with E-state index in [1.54, 1.807) is 6.20 Å². The summed E-state index contributed by atoms with van der Waals surface area (Å²) in [6, 6.07) is 4.71. The lowest BCUT2D eigenvalue weighted by Crippen LogP contribution is -2.54. The van der Waals surface area contributed by atoms with E-state index in [4.69, 9.17) is 11.1 Å². The topological polar surface area (TPSA) is 69.2 Å². The molecule has 0 amide bonds. The van der Waals surface area contributed by atoms with Crippen molar-refractivity contribution in [1.29, 1.82) is 5.41 Å². The van der Waals surface area contributed by atoms with Gasteiger partial charge in [-0.05, 0) is 37.1 Å². The minimum atomic E-state index is 0.0453. The lowest BCUT2D eigenvalue weighted by molar-refractivity contribution is 0.0457. The van der Waals surface area contributed by atoms with Crippen molar-refractivity contribution in [1.82, 2.24) is 14.8 Å². The molecular formula is C15H23N5. The van der Waals surface area contributed by atoms with Crippen LogP contribution < -0.4 is 5.73 Å². The molecule has 3 N–H and O–H groups in total. The van der Waals surface area contributed by atoms with Gasteiger partial charge in [-0.15, -0.1) is 0 Å². The van der Waals surface area contributed by atoms with Gasteiger partial charge in [-0.2, -0.15) is 0 Å². The highest BCUT2D eigenvalue weighted by atomic mass is 15.3. The zero-order valence-electron chi connectivity index (χ0n) is 11.9. The normalized spacial score (nSPS) is 24.3. The molecular weight excluding hydrogens is 250 g/mol. The predicted molar refractivity (Wildman–Crippen MR) is 79.7 cm³/mol. The van der Waals surface area contributed by atoms with Crippen molar-refractivity contribution in [3.05, 3.63) is 29.6 Å². The number of rotatable bonds is 3. The van der Waals surface area contributed by atoms with Gasteiger partial charge in [0.25, 0.3) is 0 Å². The van der Waals surface area contributed by atoms with Gasteiger partial charge in [-0.3, -0.25) is 20.2 Å². The summed E-state index contributed by atoms with van der Waals surface area (Å²) in [5.41, 5.74) is 7.29. The van der Waals surface area contributed by atoms with Gasteiger partial charge in [0.05, 0.1) is 0 Å². The first kappa shape index (κ1) is 13.5. The molecule has 5 nitrogen and oxygen atoms in total. The monoisotopic (exact) mass is 273 g/mol. The summed E-state index contributed by atoms with van der Waals surface area (Å²) in [6.07, 6.45) is 5.83. The van der Waals surface area contributed by atoms with Crippen molar-refractivity contribution in [3.63, 3.8) is 0 Å². The van der Waals surface area contributed by atoms with E-state index in [1.807, 2.05) is 12.1 Å². The highest BCUT2D eigenvalue weighted by Gasteiger charge is 2.28. The molecule has 2 aliphatic rings. The Kier molecular flexibility index (Phi) is 3.98. The van der Waals surface area contributed by atoms with E-state index < -0.39 is 0 Å². The van der Waals surface area contributed by atoms with Crippen molar-refractivity contribution in [2.75, 3.05) is 26.2 Å². The van der Waals surface area contributed by atoms with Gasteiger partial charge in [0.1, 0.15) is 11.5 Å². The van der Waals surface area contributed by atoms with Crippen molar-refractivity contribution >= 4 is 5.84 Å². The van der Waals surface area contributed by atoms with Crippen LogP contribution in [0.4, 0.5) is 0 Å². The van der Waals surface area contributed by atoms with E-state index in [1.165, 1.54) is 37.9 Å². The predicted octanol–water partition coefficient (Wildman–Crippen LogP) is 1.04. The number of piperazine rings is 1. The average molecular weight is 273 g/mol. The fraction of sp³-hybridized carbons (Fsp3) is 0.600. The van der Waals surface area contributed by atoms with Crippen LogP contribution in [0.15, 0.2) is 18.3 Å². The standard InChI is InChI=1S/C15H23N5/c16-15(17)14-9-12(4-5-18-14)10-19-7-8-20-6-2-1-3-13(20)11-19/h4-5,9,13H,1-3,6-8,10-11H2,(H3,16,17). The van der Waals surface area contributed by atoms with Crippen LogP contribution in [-0.4, -0.2) is 52.8 Å². The number of amidine groups is 1. The Hall–Kier alpha value is -1.46. The Morgan fingerprint density at radius 3 is 3.10 bits per heavy atom. The van der Waals surface area contributed by atoms with E-state index >= 15 is 0 Å². The van der Waals surface area contributed by atoms with E-state index in [0.717, 1.165) is 25.7 Å². The van der Waals surface area contributed by atoms with Crippen molar-refractivity contribution in [2.24, 2.45) is 5.73 Å². The molecule has 0 aromatic carbocycles. The maximum atomic E-state index is 7.47. The molecule has 5 heteroatoms. The van der Waals surface area contributed by atoms with Crippen LogP contribution in [0.5, 0.6) is 0 Å². The second kappa shape index (κ2) is 5.89. The molecule has 2 fully saturated rings. The lowest BCUT2D eigenvalue weighted by atomic mass is 9.99. The molecule has 1 unspecified atom stereocenters. The fourth-order valence-corrected chi connectivity index (χ4v) is 3.34. The summed E-state index contributed by atoms with van der Waals surface area (Å²) in [7, 11) is 0. The summed E-state index contributed by atoms with van der Waals surface area (Å²) in [6.45, 7) is 5.71. The molecule has 108 valence electrons. The first-order valence-electron chi connectivity index (χ1n) is 7.48. The van der Waals surface area contributed by atoms with E-state index in [-0.39, 0.29) is 5.84 Å². The Labute approximate surface area is 120 Å². The number of nitrogens with two attached hydrogens (primary N) is 1. The highest BCUT2D eigenvalue weighted by molar-refractivity contribution is 5.93. The summed E-state index contributed by atoms with van der Waals surface area (Å²) >= 11 is 0. The summed E-state index contributed by atoms with van der Waals surface area (Å²) < 4.78 is 0. The molecule has 0 spiro atoms. The quantitative estimate of drug-likeness (QED) is 0.637. The fourth-order valence-electron chi connectivity index (χ4n) is 3.34. The molecule has 0 aliphatic carbocycles. The number of piperidine rings is 1. The molecule has 20 heavy (non-hydrogen) atoms. The third kappa shape index (κ3) is 2.99. The van der Waals surface area contributed by atoms with Crippen LogP contribution in [0, 0.1) is 5.41 Å². The van der Waals surface area contributed by atoms with Crippen LogP contribution in [0.25, 0.3) is 0 Å². The zero-order chi connectivity index (χ0) is 13.9. The number of nitrogens with one attached hydrogen (secondary N) is 1. The van der Waals surface area contributed by atoms with Crippen molar-refractivity contribution < 1.29 is 0 Å². The number of hydrogen-bond donors (Lipinski definition) is 2. The van der Waals surface area contributed by atoms with Gasteiger partial charge in [0, 0.05) is 38.4 Å². The first-order valence-corrected chi connectivity index (χ1v) is 7.48. The van der Waals surface area contributed by atoms with Gasteiger partial charge >= 0.3 is 0 Å². The summed E-state index contributed by atoms with van der Waals surface area (Å²) in [4.78, 5) is 9.29. The van der Waals surface area contributed by atoms with Gasteiger partial charge in [0.15, 0.2) is 0 Å². The molecule has 0 bridgehead atoms. The Morgan fingerprint density at radius 1 is 1.35 bits per heavy atom. The largest absolute Gasteiger partial charge is 0.382 e. The minimum Gasteiger partial charge on any atom is -0.382 e. The summed E-state index contributed by atoms with van der Waals surface area (Å²) in [5.74, 6) is 0.0453. The molecule has 1 atom stereocenters. The smallest absolute Gasteiger partial charge is 0.141 e. The summed E-state index contributed by atoms with van der Waals surface area (Å²) in [5, 5.41) is 7.47. The Bertz CT molecular complexity index is 487. The number of pyridine rings is 1. The van der Waals surface area contributed by atoms with E-state index in [2.05, 4.69) is 14.8 Å². The number of hydrogen-bond acceptors (Lipinski definition) is 4. The molecule has 2 saturated heterocycles. The molecule has 3 heterocycles. The molecule has 2 aliphatic heterocycles. The lowest BCUT2D eigenvalue weighted by Gasteiger charge is -2.44. The Morgan fingerprint density at radius 2 is 2.25 bits per heavy atom. The zero-order valence-corrected chi connectivity index (χ0v) is 11.9. The van der Waals surface area contributed by atoms with Gasteiger partial charge < -0.3 is 5.73 Å². The third-order valence-corrected chi connectivity index (χ3v) is 4.43. The average Bonchev–Trinajstić information content (AvgIpc) is 2.47. The minimum absolute atomic E-state index is 0.0453. The SMILES string of the molecule is N=C(N)c1cc(CN2CCN3CCCCC3C2)ccn1. The van der Waals surface area contributed by atoms with E-state index in [9.17, 15) is 0 Å². The molecule has 3 rings (SSSR count). The third-order valence-electron chi connectivity index (χ3n) is 4.43. The Balaban J connectivity index is 1.63. The molecule has 1 aromatic rings. The molecule has 1 aromatic heterocycles. The van der Waals surface area contributed by atoms with Gasteiger partial charge in [-0.25, -0.2) is 0 Å². The van der Waals surface area contributed by atoms with Gasteiger partial charge in [-0.1, -0.05) is 6.42 Å². The van der Waals surface area contributed by atoms with Crippen LogP contribution in [0.3, 0.4) is 0 Å². The number of fused-ring (bicyclic) bond motifs is 1. The molecule has 0 saturated carbocycles. The second-order valence-electron chi connectivity index (χ2n) is 5.88. The highest BCUT2D eigenvalue weighted by Crippen LogP contribution is 2.22. The molecule has 0 radical (unpaired) electrons.